The number of rotatable bonds is 4. The highest BCUT2D eigenvalue weighted by atomic mass is 16.5. The molecular weight excluding hydrogens is 304 g/mol. The third-order valence-corrected chi connectivity index (χ3v) is 3.48. The first-order valence-electron chi connectivity index (χ1n) is 7.73. The standard InChI is InChI=1S/C19H18N2O3/c1-2-23-19(22)14-10-13-11-16(24-15-6-4-3-5-7-15)8-9-17(13)21-18(20)12-14/h3-11H,2,12H2,1H3,(H2,20,21). The van der Waals surface area contributed by atoms with Crippen molar-refractivity contribution in [2.75, 3.05) is 6.61 Å². The topological polar surface area (TPSA) is 73.9 Å². The summed E-state index contributed by atoms with van der Waals surface area (Å²) in [6.45, 7) is 2.09. The average Bonchev–Trinajstić information content (AvgIpc) is 2.74. The van der Waals surface area contributed by atoms with Crippen LogP contribution < -0.4 is 10.5 Å². The van der Waals surface area contributed by atoms with Crippen LogP contribution in [0.3, 0.4) is 0 Å². The van der Waals surface area contributed by atoms with Gasteiger partial charge in [0, 0.05) is 17.6 Å². The highest BCUT2D eigenvalue weighted by Crippen LogP contribution is 2.32. The Balaban J connectivity index is 1.95. The summed E-state index contributed by atoms with van der Waals surface area (Å²) in [6.07, 6.45) is 2.02. The molecule has 5 nitrogen and oxygen atoms in total. The van der Waals surface area contributed by atoms with Gasteiger partial charge in [0.25, 0.3) is 0 Å². The molecule has 0 unspecified atom stereocenters. The molecule has 0 aromatic heterocycles. The monoisotopic (exact) mass is 322 g/mol. The number of nitrogens with zero attached hydrogens (tertiary/aromatic N) is 1. The van der Waals surface area contributed by atoms with Crippen LogP contribution in [0.4, 0.5) is 5.69 Å². The van der Waals surface area contributed by atoms with Crippen LogP contribution in [0.15, 0.2) is 59.1 Å². The number of carbonyl (C=O) groups is 1. The van der Waals surface area contributed by atoms with Gasteiger partial charge in [0.2, 0.25) is 0 Å². The second kappa shape index (κ2) is 7.00. The Morgan fingerprint density at radius 2 is 1.96 bits per heavy atom. The lowest BCUT2D eigenvalue weighted by Gasteiger charge is -2.08. The van der Waals surface area contributed by atoms with Crippen LogP contribution in [0.2, 0.25) is 0 Å². The second-order valence-electron chi connectivity index (χ2n) is 5.31. The molecule has 3 rings (SSSR count). The van der Waals surface area contributed by atoms with Crippen LogP contribution in [-0.4, -0.2) is 18.4 Å². The van der Waals surface area contributed by atoms with Crippen molar-refractivity contribution >= 4 is 23.6 Å². The molecule has 1 aliphatic heterocycles. The van der Waals surface area contributed by atoms with Crippen molar-refractivity contribution in [1.29, 1.82) is 0 Å². The van der Waals surface area contributed by atoms with Crippen molar-refractivity contribution in [2.45, 2.75) is 13.3 Å². The molecule has 2 N–H and O–H groups in total. The Morgan fingerprint density at radius 1 is 1.17 bits per heavy atom. The zero-order valence-corrected chi connectivity index (χ0v) is 13.4. The van der Waals surface area contributed by atoms with Gasteiger partial charge in [-0.05, 0) is 43.3 Å². The van der Waals surface area contributed by atoms with Crippen molar-refractivity contribution < 1.29 is 14.3 Å². The number of fused-ring (bicyclic) bond motifs is 1. The zero-order valence-electron chi connectivity index (χ0n) is 13.4. The summed E-state index contributed by atoms with van der Waals surface area (Å²) in [5, 5.41) is 0. The molecule has 1 aliphatic rings. The number of nitrogens with two attached hydrogens (primary N) is 1. The fourth-order valence-electron chi connectivity index (χ4n) is 2.42. The van der Waals surface area contributed by atoms with E-state index < -0.39 is 0 Å². The minimum atomic E-state index is -0.377. The molecule has 0 bridgehead atoms. The van der Waals surface area contributed by atoms with Crippen molar-refractivity contribution in [3.8, 4) is 11.5 Å². The molecule has 0 radical (unpaired) electrons. The van der Waals surface area contributed by atoms with Gasteiger partial charge in [0.1, 0.15) is 17.3 Å². The Kier molecular flexibility index (Phi) is 4.61. The van der Waals surface area contributed by atoms with E-state index in [0.29, 0.717) is 29.5 Å². The fraction of sp³-hybridized carbons (Fsp3) is 0.158. The predicted octanol–water partition coefficient (Wildman–Crippen LogP) is 3.82. The van der Waals surface area contributed by atoms with Crippen LogP contribution in [0.25, 0.3) is 6.08 Å². The van der Waals surface area contributed by atoms with E-state index in [1.54, 1.807) is 13.0 Å². The van der Waals surface area contributed by atoms with E-state index in [9.17, 15) is 4.79 Å². The highest BCUT2D eigenvalue weighted by Gasteiger charge is 2.17. The van der Waals surface area contributed by atoms with Crippen LogP contribution in [-0.2, 0) is 9.53 Å². The fourth-order valence-corrected chi connectivity index (χ4v) is 2.42. The minimum absolute atomic E-state index is 0.266. The number of ether oxygens (including phenoxy) is 2. The predicted molar refractivity (Wildman–Crippen MR) is 93.5 cm³/mol. The maximum atomic E-state index is 12.0. The SMILES string of the molecule is CCOC(=O)C1=Cc2cc(Oc3ccccc3)ccc2N=C(N)C1. The first-order valence-corrected chi connectivity index (χ1v) is 7.73. The number of esters is 1. The quantitative estimate of drug-likeness (QED) is 0.868. The van der Waals surface area contributed by atoms with Gasteiger partial charge in [-0.25, -0.2) is 9.79 Å². The molecule has 0 atom stereocenters. The van der Waals surface area contributed by atoms with Gasteiger partial charge in [-0.15, -0.1) is 0 Å². The molecule has 0 saturated carbocycles. The summed E-state index contributed by atoms with van der Waals surface area (Å²) in [4.78, 5) is 16.4. The number of carbonyl (C=O) groups excluding carboxylic acids is 1. The lowest BCUT2D eigenvalue weighted by atomic mass is 10.1. The average molecular weight is 322 g/mol. The van der Waals surface area contributed by atoms with E-state index in [4.69, 9.17) is 15.2 Å². The van der Waals surface area contributed by atoms with Crippen LogP contribution >= 0.6 is 0 Å². The Hall–Kier alpha value is -3.08. The van der Waals surface area contributed by atoms with Crippen molar-refractivity contribution in [2.24, 2.45) is 10.7 Å². The van der Waals surface area contributed by atoms with E-state index >= 15 is 0 Å². The maximum absolute atomic E-state index is 12.0. The molecular formula is C19H18N2O3. The summed E-state index contributed by atoms with van der Waals surface area (Å²) >= 11 is 0. The molecule has 24 heavy (non-hydrogen) atoms. The first kappa shape index (κ1) is 15.8. The van der Waals surface area contributed by atoms with Gasteiger partial charge in [-0.1, -0.05) is 18.2 Å². The van der Waals surface area contributed by atoms with Gasteiger partial charge in [-0.3, -0.25) is 0 Å². The molecule has 122 valence electrons. The molecule has 2 aromatic carbocycles. The smallest absolute Gasteiger partial charge is 0.334 e. The Labute approximate surface area is 140 Å². The largest absolute Gasteiger partial charge is 0.463 e. The number of aliphatic imine (C=N–C) groups is 1. The van der Waals surface area contributed by atoms with Crippen LogP contribution in [0, 0.1) is 0 Å². The van der Waals surface area contributed by atoms with Crippen molar-refractivity contribution in [1.82, 2.24) is 0 Å². The number of amidine groups is 1. The molecule has 0 aliphatic carbocycles. The summed E-state index contributed by atoms with van der Waals surface area (Å²) in [5.74, 6) is 1.40. The number of hydrogen-bond donors (Lipinski definition) is 1. The molecule has 0 amide bonds. The maximum Gasteiger partial charge on any atom is 0.334 e. The first-order chi connectivity index (χ1) is 11.7. The van der Waals surface area contributed by atoms with E-state index in [-0.39, 0.29) is 12.4 Å². The Bertz CT molecular complexity index is 811. The normalized spacial score (nSPS) is 13.2. The van der Waals surface area contributed by atoms with Gasteiger partial charge in [0.05, 0.1) is 12.3 Å². The summed E-state index contributed by atoms with van der Waals surface area (Å²) in [5.41, 5.74) is 7.86. The van der Waals surface area contributed by atoms with E-state index in [2.05, 4.69) is 4.99 Å². The zero-order chi connectivity index (χ0) is 16.9. The number of hydrogen-bond acceptors (Lipinski definition) is 5. The third kappa shape index (κ3) is 3.63. The second-order valence-corrected chi connectivity index (χ2v) is 5.31. The molecule has 1 heterocycles. The van der Waals surface area contributed by atoms with Gasteiger partial charge >= 0.3 is 5.97 Å². The summed E-state index contributed by atoms with van der Waals surface area (Å²) < 4.78 is 10.9. The highest BCUT2D eigenvalue weighted by molar-refractivity contribution is 6.03. The summed E-state index contributed by atoms with van der Waals surface area (Å²) in [7, 11) is 0. The lowest BCUT2D eigenvalue weighted by molar-refractivity contribution is -0.138. The minimum Gasteiger partial charge on any atom is -0.463 e. The number of para-hydroxylation sites is 1. The van der Waals surface area contributed by atoms with Crippen LogP contribution in [0.1, 0.15) is 18.9 Å². The number of benzene rings is 2. The van der Waals surface area contributed by atoms with Gasteiger partial charge in [-0.2, -0.15) is 0 Å². The molecule has 0 fully saturated rings. The van der Waals surface area contributed by atoms with Crippen molar-refractivity contribution in [3.63, 3.8) is 0 Å². The summed E-state index contributed by atoms with van der Waals surface area (Å²) in [6, 6.07) is 15.0. The van der Waals surface area contributed by atoms with Crippen molar-refractivity contribution in [3.05, 3.63) is 59.7 Å². The van der Waals surface area contributed by atoms with Crippen LogP contribution in [0.5, 0.6) is 11.5 Å². The molecule has 0 spiro atoms. The Morgan fingerprint density at radius 3 is 2.71 bits per heavy atom. The van der Waals surface area contributed by atoms with Gasteiger partial charge in [0.15, 0.2) is 0 Å². The van der Waals surface area contributed by atoms with E-state index in [0.717, 1.165) is 11.3 Å². The van der Waals surface area contributed by atoms with E-state index in [1.807, 2.05) is 48.5 Å². The molecule has 2 aromatic rings. The van der Waals surface area contributed by atoms with Gasteiger partial charge < -0.3 is 15.2 Å². The molecule has 5 heteroatoms. The third-order valence-electron chi connectivity index (χ3n) is 3.48. The molecule has 0 saturated heterocycles. The van der Waals surface area contributed by atoms with E-state index in [1.165, 1.54) is 0 Å². The lowest BCUT2D eigenvalue weighted by Crippen LogP contribution is -2.16.